The molecule has 0 unspecified atom stereocenters. The van der Waals surface area contributed by atoms with Gasteiger partial charge in [-0.15, -0.1) is 0 Å². The van der Waals surface area contributed by atoms with Crippen molar-refractivity contribution in [3.63, 3.8) is 0 Å². The first-order chi connectivity index (χ1) is 9.22. The molecule has 0 spiro atoms. The lowest BCUT2D eigenvalue weighted by atomic mass is 10.0. The number of anilines is 1. The van der Waals surface area contributed by atoms with Crippen LogP contribution in [0.5, 0.6) is 0 Å². The fraction of sp³-hybridized carbons (Fsp3) is 0.583. The molecule has 102 valence electrons. The molecule has 0 bridgehead atoms. The zero-order chi connectivity index (χ0) is 13.3. The molecular formula is C12H17N5O2. The van der Waals surface area contributed by atoms with Gasteiger partial charge in [-0.25, -0.2) is 0 Å². The van der Waals surface area contributed by atoms with Crippen molar-refractivity contribution in [1.82, 2.24) is 19.9 Å². The summed E-state index contributed by atoms with van der Waals surface area (Å²) in [6.07, 6.45) is 7.46. The molecule has 2 N–H and O–H groups in total. The fourth-order valence-electron chi connectivity index (χ4n) is 2.57. The predicted molar refractivity (Wildman–Crippen MR) is 67.2 cm³/mol. The Morgan fingerprint density at radius 1 is 1.47 bits per heavy atom. The quantitative estimate of drug-likeness (QED) is 0.894. The Balaban J connectivity index is 1.79. The minimum atomic E-state index is -0.370. The van der Waals surface area contributed by atoms with Gasteiger partial charge in [-0.2, -0.15) is 10.1 Å². The van der Waals surface area contributed by atoms with Gasteiger partial charge in [0.1, 0.15) is 12.1 Å². The maximum atomic E-state index is 5.63. The number of rotatable bonds is 4. The summed E-state index contributed by atoms with van der Waals surface area (Å²) in [5, 5.41) is 8.15. The van der Waals surface area contributed by atoms with Crippen molar-refractivity contribution in [3.8, 4) is 0 Å². The van der Waals surface area contributed by atoms with Crippen LogP contribution in [-0.4, -0.2) is 27.0 Å². The highest BCUT2D eigenvalue weighted by Crippen LogP contribution is 2.40. The molecule has 2 heterocycles. The normalized spacial score (nSPS) is 17.9. The summed E-state index contributed by atoms with van der Waals surface area (Å²) in [5.41, 5.74) is 5.85. The second-order valence-electron chi connectivity index (χ2n) is 4.89. The summed E-state index contributed by atoms with van der Waals surface area (Å²) in [5.74, 6) is 1.16. The van der Waals surface area contributed by atoms with Crippen LogP contribution in [-0.2, 0) is 16.9 Å². The van der Waals surface area contributed by atoms with Gasteiger partial charge in [0.2, 0.25) is 11.7 Å². The summed E-state index contributed by atoms with van der Waals surface area (Å²) in [6.45, 7) is 0.421. The van der Waals surface area contributed by atoms with E-state index in [2.05, 4.69) is 15.2 Å². The number of nitrogens with zero attached hydrogens (tertiary/aromatic N) is 4. The Bertz CT molecular complexity index is 556. The minimum Gasteiger partial charge on any atom is -0.396 e. The minimum absolute atomic E-state index is 0.370. The van der Waals surface area contributed by atoms with E-state index in [4.69, 9.17) is 15.0 Å². The molecule has 0 saturated heterocycles. The van der Waals surface area contributed by atoms with E-state index in [0.29, 0.717) is 23.9 Å². The Kier molecular flexibility index (Phi) is 2.98. The summed E-state index contributed by atoms with van der Waals surface area (Å²) in [4.78, 5) is 4.44. The largest absolute Gasteiger partial charge is 0.396 e. The molecule has 0 radical (unpaired) electrons. The summed E-state index contributed by atoms with van der Waals surface area (Å²) in [7, 11) is 1.70. The SMILES string of the molecule is COC1(c2noc(Cn3cc(N)cn3)n2)CCCC1. The molecule has 7 heteroatoms. The molecule has 0 aromatic carbocycles. The van der Waals surface area contributed by atoms with Gasteiger partial charge >= 0.3 is 0 Å². The zero-order valence-electron chi connectivity index (χ0n) is 10.9. The third-order valence-corrected chi connectivity index (χ3v) is 3.63. The van der Waals surface area contributed by atoms with Gasteiger partial charge < -0.3 is 15.0 Å². The first kappa shape index (κ1) is 12.2. The smallest absolute Gasteiger partial charge is 0.248 e. The number of hydrogen-bond donors (Lipinski definition) is 1. The molecule has 7 nitrogen and oxygen atoms in total. The standard InChI is InChI=1S/C12H17N5O2/c1-18-12(4-2-3-5-12)11-15-10(19-16-11)8-17-7-9(13)6-14-17/h6-7H,2-5,8,13H2,1H3. The van der Waals surface area contributed by atoms with Crippen molar-refractivity contribution in [2.45, 2.75) is 37.8 Å². The maximum Gasteiger partial charge on any atom is 0.248 e. The Hall–Kier alpha value is -1.89. The highest BCUT2D eigenvalue weighted by atomic mass is 16.5. The lowest BCUT2D eigenvalue weighted by Gasteiger charge is -2.22. The molecule has 1 saturated carbocycles. The van der Waals surface area contributed by atoms with E-state index < -0.39 is 0 Å². The molecule has 1 fully saturated rings. The van der Waals surface area contributed by atoms with Crippen molar-refractivity contribution in [3.05, 3.63) is 24.1 Å². The molecular weight excluding hydrogens is 246 g/mol. The average Bonchev–Trinajstić information content (AvgIpc) is 3.11. The van der Waals surface area contributed by atoms with E-state index in [-0.39, 0.29) is 5.60 Å². The van der Waals surface area contributed by atoms with Gasteiger partial charge in [-0.05, 0) is 25.7 Å². The van der Waals surface area contributed by atoms with Gasteiger partial charge in [0.15, 0.2) is 0 Å². The summed E-state index contributed by atoms with van der Waals surface area (Å²) in [6, 6.07) is 0. The van der Waals surface area contributed by atoms with Crippen LogP contribution in [0, 0.1) is 0 Å². The molecule has 3 rings (SSSR count). The number of aromatic nitrogens is 4. The van der Waals surface area contributed by atoms with Crippen LogP contribution in [0.1, 0.15) is 37.4 Å². The van der Waals surface area contributed by atoms with Gasteiger partial charge in [0.05, 0.1) is 11.9 Å². The molecule has 2 aromatic heterocycles. The Labute approximate surface area is 110 Å². The van der Waals surface area contributed by atoms with Crippen molar-refractivity contribution in [2.24, 2.45) is 0 Å². The van der Waals surface area contributed by atoms with Gasteiger partial charge in [0, 0.05) is 13.3 Å². The van der Waals surface area contributed by atoms with Crippen molar-refractivity contribution >= 4 is 5.69 Å². The molecule has 1 aliphatic carbocycles. The Morgan fingerprint density at radius 3 is 2.89 bits per heavy atom. The zero-order valence-corrected chi connectivity index (χ0v) is 10.9. The third-order valence-electron chi connectivity index (χ3n) is 3.63. The van der Waals surface area contributed by atoms with Crippen molar-refractivity contribution < 1.29 is 9.26 Å². The van der Waals surface area contributed by atoms with Crippen LogP contribution < -0.4 is 5.73 Å². The fourth-order valence-corrected chi connectivity index (χ4v) is 2.57. The molecule has 0 atom stereocenters. The third kappa shape index (κ3) is 2.21. The van der Waals surface area contributed by atoms with Crippen LogP contribution in [0.3, 0.4) is 0 Å². The van der Waals surface area contributed by atoms with Gasteiger partial charge in [-0.3, -0.25) is 4.68 Å². The first-order valence-corrected chi connectivity index (χ1v) is 6.38. The predicted octanol–water partition coefficient (Wildman–Crippen LogP) is 1.31. The number of ether oxygens (including phenoxy) is 1. The van der Waals surface area contributed by atoms with Crippen LogP contribution >= 0.6 is 0 Å². The van der Waals surface area contributed by atoms with E-state index in [1.807, 2.05) is 0 Å². The summed E-state index contributed by atoms with van der Waals surface area (Å²) >= 11 is 0. The number of methoxy groups -OCH3 is 1. The van der Waals surface area contributed by atoms with Gasteiger partial charge in [0.25, 0.3) is 0 Å². The highest BCUT2D eigenvalue weighted by Gasteiger charge is 2.40. The monoisotopic (exact) mass is 263 g/mol. The van der Waals surface area contributed by atoms with Crippen molar-refractivity contribution in [1.29, 1.82) is 0 Å². The molecule has 1 aliphatic rings. The topological polar surface area (TPSA) is 92.0 Å². The maximum absolute atomic E-state index is 5.63. The van der Waals surface area contributed by atoms with Crippen LogP contribution in [0.25, 0.3) is 0 Å². The molecule has 0 amide bonds. The van der Waals surface area contributed by atoms with E-state index in [0.717, 1.165) is 25.7 Å². The van der Waals surface area contributed by atoms with Crippen LogP contribution in [0.4, 0.5) is 5.69 Å². The first-order valence-electron chi connectivity index (χ1n) is 6.38. The second kappa shape index (κ2) is 4.65. The molecule has 2 aromatic rings. The summed E-state index contributed by atoms with van der Waals surface area (Å²) < 4.78 is 12.6. The highest BCUT2D eigenvalue weighted by molar-refractivity contribution is 5.30. The van der Waals surface area contributed by atoms with E-state index in [9.17, 15) is 0 Å². The Morgan fingerprint density at radius 2 is 2.26 bits per heavy atom. The van der Waals surface area contributed by atoms with E-state index in [1.54, 1.807) is 24.2 Å². The molecule has 19 heavy (non-hydrogen) atoms. The lowest BCUT2D eigenvalue weighted by molar-refractivity contribution is -0.0178. The molecule has 0 aliphatic heterocycles. The average molecular weight is 263 g/mol. The number of nitrogens with two attached hydrogens (primary N) is 1. The lowest BCUT2D eigenvalue weighted by Crippen LogP contribution is -2.26. The van der Waals surface area contributed by atoms with E-state index in [1.165, 1.54) is 0 Å². The second-order valence-corrected chi connectivity index (χ2v) is 4.89. The number of nitrogen functional groups attached to an aromatic ring is 1. The number of hydrogen-bond acceptors (Lipinski definition) is 6. The van der Waals surface area contributed by atoms with E-state index >= 15 is 0 Å². The van der Waals surface area contributed by atoms with Crippen LogP contribution in [0.2, 0.25) is 0 Å². The van der Waals surface area contributed by atoms with Crippen molar-refractivity contribution in [2.75, 3.05) is 12.8 Å². The van der Waals surface area contributed by atoms with Gasteiger partial charge in [-0.1, -0.05) is 5.16 Å². The van der Waals surface area contributed by atoms with Crippen LogP contribution in [0.15, 0.2) is 16.9 Å².